The Hall–Kier alpha value is -0.900. The van der Waals surface area contributed by atoms with Gasteiger partial charge in [0.2, 0.25) is 0 Å². The van der Waals surface area contributed by atoms with Crippen LogP contribution in [0.15, 0.2) is 12.1 Å². The highest BCUT2D eigenvalue weighted by Gasteiger charge is 2.17. The number of nitrogens with zero attached hydrogens (tertiary/aromatic N) is 1. The number of aryl methyl sites for hydroxylation is 2. The van der Waals surface area contributed by atoms with Gasteiger partial charge >= 0.3 is 0 Å². The standard InChI is InChI=1S/C18H31NO2/c1-14-11-16(18(3,4)5)12-15(2)17(14)13-19(7-9-20)8-10-21-6/h11-12,20H,7-10,13H2,1-6H3. The maximum atomic E-state index is 9.22. The van der Waals surface area contributed by atoms with E-state index in [1.54, 1.807) is 7.11 Å². The van der Waals surface area contributed by atoms with Gasteiger partial charge in [0.25, 0.3) is 0 Å². The van der Waals surface area contributed by atoms with E-state index in [0.29, 0.717) is 13.2 Å². The lowest BCUT2D eigenvalue weighted by molar-refractivity contribution is 0.126. The van der Waals surface area contributed by atoms with Crippen molar-refractivity contribution in [2.75, 3.05) is 33.4 Å². The summed E-state index contributed by atoms with van der Waals surface area (Å²) in [4.78, 5) is 2.25. The van der Waals surface area contributed by atoms with Crippen LogP contribution in [0.5, 0.6) is 0 Å². The SMILES string of the molecule is COCCN(CCO)Cc1c(C)cc(C(C)(C)C)cc1C. The molecule has 3 nitrogen and oxygen atoms in total. The molecule has 0 aliphatic heterocycles. The van der Waals surface area contributed by atoms with Gasteiger partial charge in [-0.15, -0.1) is 0 Å². The van der Waals surface area contributed by atoms with Crippen LogP contribution < -0.4 is 0 Å². The van der Waals surface area contributed by atoms with Crippen LogP contribution in [-0.4, -0.2) is 43.4 Å². The van der Waals surface area contributed by atoms with Crippen LogP contribution >= 0.6 is 0 Å². The quantitative estimate of drug-likeness (QED) is 0.839. The summed E-state index contributed by atoms with van der Waals surface area (Å²) in [6.45, 7) is 14.4. The second-order valence-electron chi connectivity index (χ2n) is 6.83. The first kappa shape index (κ1) is 18.1. The van der Waals surface area contributed by atoms with Gasteiger partial charge in [0, 0.05) is 26.7 Å². The highest BCUT2D eigenvalue weighted by Crippen LogP contribution is 2.27. The number of hydrogen-bond donors (Lipinski definition) is 1. The Morgan fingerprint density at radius 2 is 1.67 bits per heavy atom. The molecule has 0 spiro atoms. The van der Waals surface area contributed by atoms with Crippen LogP contribution in [0, 0.1) is 13.8 Å². The molecule has 1 N–H and O–H groups in total. The van der Waals surface area contributed by atoms with E-state index < -0.39 is 0 Å². The summed E-state index contributed by atoms with van der Waals surface area (Å²) >= 11 is 0. The van der Waals surface area contributed by atoms with Crippen LogP contribution in [0.4, 0.5) is 0 Å². The molecule has 0 saturated heterocycles. The molecular weight excluding hydrogens is 262 g/mol. The first-order valence-electron chi connectivity index (χ1n) is 7.72. The summed E-state index contributed by atoms with van der Waals surface area (Å²) in [5, 5.41) is 9.22. The fraction of sp³-hybridized carbons (Fsp3) is 0.667. The van der Waals surface area contributed by atoms with E-state index in [9.17, 15) is 5.11 Å². The molecule has 0 aliphatic rings. The second-order valence-corrected chi connectivity index (χ2v) is 6.83. The first-order valence-corrected chi connectivity index (χ1v) is 7.72. The fourth-order valence-corrected chi connectivity index (χ4v) is 2.53. The van der Waals surface area contributed by atoms with Crippen molar-refractivity contribution < 1.29 is 9.84 Å². The van der Waals surface area contributed by atoms with Crippen molar-refractivity contribution in [3.8, 4) is 0 Å². The minimum atomic E-state index is 0.175. The molecule has 0 saturated carbocycles. The monoisotopic (exact) mass is 293 g/mol. The highest BCUT2D eigenvalue weighted by atomic mass is 16.5. The normalized spacial score (nSPS) is 12.2. The third-order valence-corrected chi connectivity index (χ3v) is 3.97. The number of benzene rings is 1. The Morgan fingerprint density at radius 1 is 1.10 bits per heavy atom. The van der Waals surface area contributed by atoms with Crippen LogP contribution in [-0.2, 0) is 16.7 Å². The maximum absolute atomic E-state index is 9.22. The van der Waals surface area contributed by atoms with E-state index in [0.717, 1.165) is 13.1 Å². The Bertz CT molecular complexity index is 426. The molecule has 3 heteroatoms. The molecule has 1 rings (SSSR count). The van der Waals surface area contributed by atoms with E-state index in [4.69, 9.17) is 4.74 Å². The number of aliphatic hydroxyl groups is 1. The van der Waals surface area contributed by atoms with Gasteiger partial charge in [0.1, 0.15) is 0 Å². The Kier molecular flexibility index (Phi) is 6.85. The Balaban J connectivity index is 2.96. The zero-order chi connectivity index (χ0) is 16.0. The lowest BCUT2D eigenvalue weighted by atomic mass is 9.84. The zero-order valence-electron chi connectivity index (χ0n) is 14.5. The number of hydrogen-bond acceptors (Lipinski definition) is 3. The lowest BCUT2D eigenvalue weighted by Crippen LogP contribution is -2.30. The summed E-state index contributed by atoms with van der Waals surface area (Å²) in [5.74, 6) is 0. The predicted octanol–water partition coefficient (Wildman–Crippen LogP) is 3.04. The molecule has 0 aliphatic carbocycles. The van der Waals surface area contributed by atoms with Gasteiger partial charge in [-0.3, -0.25) is 4.90 Å². The molecule has 120 valence electrons. The molecule has 0 aromatic heterocycles. The molecule has 21 heavy (non-hydrogen) atoms. The van der Waals surface area contributed by atoms with Crippen molar-refractivity contribution in [3.63, 3.8) is 0 Å². The van der Waals surface area contributed by atoms with Gasteiger partial charge in [-0.1, -0.05) is 32.9 Å². The van der Waals surface area contributed by atoms with Gasteiger partial charge in [-0.05, 0) is 41.5 Å². The largest absolute Gasteiger partial charge is 0.395 e. The van der Waals surface area contributed by atoms with Gasteiger partial charge in [0.15, 0.2) is 0 Å². The number of aliphatic hydroxyl groups excluding tert-OH is 1. The van der Waals surface area contributed by atoms with Crippen LogP contribution in [0.25, 0.3) is 0 Å². The fourth-order valence-electron chi connectivity index (χ4n) is 2.53. The van der Waals surface area contributed by atoms with Gasteiger partial charge in [-0.25, -0.2) is 0 Å². The summed E-state index contributed by atoms with van der Waals surface area (Å²) in [6.07, 6.45) is 0. The molecule has 0 radical (unpaired) electrons. The zero-order valence-corrected chi connectivity index (χ0v) is 14.5. The average molecular weight is 293 g/mol. The average Bonchev–Trinajstić information content (AvgIpc) is 2.38. The van der Waals surface area contributed by atoms with E-state index in [1.165, 1.54) is 22.3 Å². The van der Waals surface area contributed by atoms with Crippen molar-refractivity contribution in [1.82, 2.24) is 4.90 Å². The van der Waals surface area contributed by atoms with E-state index in [-0.39, 0.29) is 12.0 Å². The minimum Gasteiger partial charge on any atom is -0.395 e. The Morgan fingerprint density at radius 3 is 2.10 bits per heavy atom. The second kappa shape index (κ2) is 7.92. The van der Waals surface area contributed by atoms with Gasteiger partial charge < -0.3 is 9.84 Å². The smallest absolute Gasteiger partial charge is 0.0589 e. The number of rotatable bonds is 7. The summed E-state index contributed by atoms with van der Waals surface area (Å²) in [6, 6.07) is 4.60. The van der Waals surface area contributed by atoms with Crippen LogP contribution in [0.2, 0.25) is 0 Å². The van der Waals surface area contributed by atoms with E-state index in [2.05, 4.69) is 51.7 Å². The maximum Gasteiger partial charge on any atom is 0.0589 e. The van der Waals surface area contributed by atoms with Crippen molar-refractivity contribution >= 4 is 0 Å². The topological polar surface area (TPSA) is 32.7 Å². The van der Waals surface area contributed by atoms with Gasteiger partial charge in [0.05, 0.1) is 13.2 Å². The van der Waals surface area contributed by atoms with E-state index >= 15 is 0 Å². The molecule has 0 amide bonds. The molecule has 0 fully saturated rings. The molecular formula is C18H31NO2. The van der Waals surface area contributed by atoms with Crippen LogP contribution in [0.1, 0.15) is 43.0 Å². The molecule has 0 heterocycles. The van der Waals surface area contributed by atoms with E-state index in [1.807, 2.05) is 0 Å². The summed E-state index contributed by atoms with van der Waals surface area (Å²) in [7, 11) is 1.71. The highest BCUT2D eigenvalue weighted by molar-refractivity contribution is 5.40. The van der Waals surface area contributed by atoms with Gasteiger partial charge in [-0.2, -0.15) is 0 Å². The van der Waals surface area contributed by atoms with Crippen molar-refractivity contribution in [2.45, 2.75) is 46.6 Å². The lowest BCUT2D eigenvalue weighted by Gasteiger charge is -2.26. The molecule has 1 aromatic rings. The molecule has 0 unspecified atom stereocenters. The summed E-state index contributed by atoms with van der Waals surface area (Å²) in [5.41, 5.74) is 5.59. The molecule has 1 aromatic carbocycles. The van der Waals surface area contributed by atoms with Crippen molar-refractivity contribution in [1.29, 1.82) is 0 Å². The third-order valence-electron chi connectivity index (χ3n) is 3.97. The number of ether oxygens (including phenoxy) is 1. The minimum absolute atomic E-state index is 0.175. The van der Waals surface area contributed by atoms with Crippen molar-refractivity contribution in [2.24, 2.45) is 0 Å². The molecule has 0 bridgehead atoms. The Labute approximate surface area is 129 Å². The van der Waals surface area contributed by atoms with Crippen LogP contribution in [0.3, 0.4) is 0 Å². The first-order chi connectivity index (χ1) is 9.79. The summed E-state index contributed by atoms with van der Waals surface area (Å²) < 4.78 is 5.16. The molecule has 0 atom stereocenters. The predicted molar refractivity (Wildman–Crippen MR) is 88.9 cm³/mol. The van der Waals surface area contributed by atoms with Crippen molar-refractivity contribution in [3.05, 3.63) is 34.4 Å². The third kappa shape index (κ3) is 5.42. The number of methoxy groups -OCH3 is 1.